The molecule has 1 N–H and O–H groups in total. The summed E-state index contributed by atoms with van der Waals surface area (Å²) >= 11 is 6.02. The molecule has 0 radical (unpaired) electrons. The number of carbonyl (C=O) groups excluding carboxylic acids is 1. The van der Waals surface area contributed by atoms with E-state index in [0.717, 1.165) is 11.3 Å². The summed E-state index contributed by atoms with van der Waals surface area (Å²) in [4.78, 5) is 11.8. The zero-order chi connectivity index (χ0) is 14.4. The van der Waals surface area contributed by atoms with Crippen molar-refractivity contribution in [2.75, 3.05) is 12.4 Å². The Labute approximate surface area is 122 Å². The van der Waals surface area contributed by atoms with Crippen LogP contribution < -0.4 is 10.1 Å². The lowest BCUT2D eigenvalue weighted by molar-refractivity contribution is -0.111. The fourth-order valence-electron chi connectivity index (χ4n) is 1.74. The topological polar surface area (TPSA) is 38.3 Å². The highest BCUT2D eigenvalue weighted by atomic mass is 35.5. The van der Waals surface area contributed by atoms with Gasteiger partial charge in [0.05, 0.1) is 12.1 Å². The molecular weight excluding hydrogens is 274 g/mol. The number of nitrogens with one attached hydrogen (secondary N) is 1. The van der Waals surface area contributed by atoms with Gasteiger partial charge in [-0.3, -0.25) is 4.79 Å². The zero-order valence-electron chi connectivity index (χ0n) is 11.0. The predicted octanol–water partition coefficient (Wildman–Crippen LogP) is 4.00. The smallest absolute Gasteiger partial charge is 0.248 e. The normalized spacial score (nSPS) is 10.5. The van der Waals surface area contributed by atoms with E-state index in [4.69, 9.17) is 16.3 Å². The minimum absolute atomic E-state index is 0.210. The molecule has 0 saturated heterocycles. The average molecular weight is 288 g/mol. The van der Waals surface area contributed by atoms with Crippen LogP contribution in [-0.4, -0.2) is 13.0 Å². The Morgan fingerprint density at radius 3 is 2.60 bits per heavy atom. The molecule has 3 nitrogen and oxygen atoms in total. The van der Waals surface area contributed by atoms with Crippen molar-refractivity contribution in [3.05, 3.63) is 65.2 Å². The van der Waals surface area contributed by atoms with Gasteiger partial charge in [0.15, 0.2) is 0 Å². The van der Waals surface area contributed by atoms with Crippen LogP contribution in [0, 0.1) is 0 Å². The van der Waals surface area contributed by atoms with Gasteiger partial charge in [-0.2, -0.15) is 0 Å². The van der Waals surface area contributed by atoms with Crippen LogP contribution in [0.1, 0.15) is 5.56 Å². The summed E-state index contributed by atoms with van der Waals surface area (Å²) in [6.07, 6.45) is 3.12. The molecule has 2 rings (SSSR count). The maximum Gasteiger partial charge on any atom is 0.248 e. The molecule has 0 spiro atoms. The molecule has 4 heteroatoms. The van der Waals surface area contributed by atoms with Gasteiger partial charge in [-0.25, -0.2) is 0 Å². The van der Waals surface area contributed by atoms with E-state index in [2.05, 4.69) is 5.32 Å². The molecule has 20 heavy (non-hydrogen) atoms. The van der Waals surface area contributed by atoms with Crippen molar-refractivity contribution in [1.82, 2.24) is 0 Å². The summed E-state index contributed by atoms with van der Waals surface area (Å²) < 4.78 is 5.21. The number of ether oxygens (including phenoxy) is 1. The standard InChI is InChI=1S/C16H14ClNO2/c1-20-16-12(6-5-9-14(16)17)10-11-15(19)18-13-7-3-2-4-8-13/h2-11H,1H3,(H,18,19). The fraction of sp³-hybridized carbons (Fsp3) is 0.0625. The van der Waals surface area contributed by atoms with Gasteiger partial charge in [0.25, 0.3) is 0 Å². The van der Waals surface area contributed by atoms with E-state index < -0.39 is 0 Å². The molecule has 1 amide bonds. The molecular formula is C16H14ClNO2. The summed E-state index contributed by atoms with van der Waals surface area (Å²) in [6.45, 7) is 0. The lowest BCUT2D eigenvalue weighted by Gasteiger charge is -2.06. The van der Waals surface area contributed by atoms with Crippen molar-refractivity contribution in [3.63, 3.8) is 0 Å². The average Bonchev–Trinajstić information content (AvgIpc) is 2.46. The van der Waals surface area contributed by atoms with Crippen LogP contribution in [0.25, 0.3) is 6.08 Å². The Bertz CT molecular complexity index is 624. The number of rotatable bonds is 4. The number of halogens is 1. The molecule has 0 aliphatic heterocycles. The lowest BCUT2D eigenvalue weighted by Crippen LogP contribution is -2.07. The molecule has 0 aliphatic carbocycles. The second kappa shape index (κ2) is 6.78. The number of para-hydroxylation sites is 2. The third-order valence-corrected chi connectivity index (χ3v) is 2.95. The van der Waals surface area contributed by atoms with Crippen LogP contribution in [0.4, 0.5) is 5.69 Å². The highest BCUT2D eigenvalue weighted by Gasteiger charge is 2.04. The predicted molar refractivity (Wildman–Crippen MR) is 82.1 cm³/mol. The molecule has 0 unspecified atom stereocenters. The Morgan fingerprint density at radius 1 is 1.15 bits per heavy atom. The number of hydrogen-bond donors (Lipinski definition) is 1. The van der Waals surface area contributed by atoms with Gasteiger partial charge in [0.1, 0.15) is 5.75 Å². The Balaban J connectivity index is 2.10. The Kier molecular flexibility index (Phi) is 4.80. The summed E-state index contributed by atoms with van der Waals surface area (Å²) in [5.41, 5.74) is 1.50. The molecule has 102 valence electrons. The summed E-state index contributed by atoms with van der Waals surface area (Å²) in [5.74, 6) is 0.344. The van der Waals surface area contributed by atoms with Crippen LogP contribution in [0.15, 0.2) is 54.6 Å². The zero-order valence-corrected chi connectivity index (χ0v) is 11.7. The number of hydrogen-bond acceptors (Lipinski definition) is 2. The van der Waals surface area contributed by atoms with Crippen LogP contribution in [-0.2, 0) is 4.79 Å². The van der Waals surface area contributed by atoms with Gasteiger partial charge < -0.3 is 10.1 Å². The summed E-state index contributed by atoms with van der Waals surface area (Å²) in [5, 5.41) is 3.28. The van der Waals surface area contributed by atoms with Gasteiger partial charge in [0, 0.05) is 17.3 Å². The van der Waals surface area contributed by atoms with Crippen LogP contribution in [0.3, 0.4) is 0 Å². The van der Waals surface area contributed by atoms with Gasteiger partial charge in [-0.1, -0.05) is 41.9 Å². The minimum atomic E-state index is -0.210. The molecule has 0 heterocycles. The van der Waals surface area contributed by atoms with E-state index >= 15 is 0 Å². The maximum absolute atomic E-state index is 11.8. The number of anilines is 1. The first-order valence-corrected chi connectivity index (χ1v) is 6.45. The first kappa shape index (κ1) is 14.2. The molecule has 0 atom stereocenters. The molecule has 0 bridgehead atoms. The Morgan fingerprint density at radius 2 is 1.90 bits per heavy atom. The number of methoxy groups -OCH3 is 1. The number of amides is 1. The third-order valence-electron chi connectivity index (χ3n) is 2.66. The minimum Gasteiger partial charge on any atom is -0.495 e. The van der Waals surface area contributed by atoms with Crippen molar-refractivity contribution < 1.29 is 9.53 Å². The lowest BCUT2D eigenvalue weighted by atomic mass is 10.2. The molecule has 0 saturated carbocycles. The number of carbonyl (C=O) groups is 1. The molecule has 0 aromatic heterocycles. The first-order valence-electron chi connectivity index (χ1n) is 6.07. The summed E-state index contributed by atoms with van der Waals surface area (Å²) in [7, 11) is 1.54. The highest BCUT2D eigenvalue weighted by Crippen LogP contribution is 2.29. The largest absolute Gasteiger partial charge is 0.495 e. The van der Waals surface area contributed by atoms with Crippen LogP contribution in [0.2, 0.25) is 5.02 Å². The monoisotopic (exact) mass is 287 g/mol. The van der Waals surface area contributed by atoms with Crippen molar-refractivity contribution >= 4 is 29.3 Å². The van der Waals surface area contributed by atoms with Crippen molar-refractivity contribution in [3.8, 4) is 5.75 Å². The van der Waals surface area contributed by atoms with Crippen molar-refractivity contribution in [2.24, 2.45) is 0 Å². The summed E-state index contributed by atoms with van der Waals surface area (Å²) in [6, 6.07) is 14.6. The van der Waals surface area contributed by atoms with Gasteiger partial charge >= 0.3 is 0 Å². The molecule has 2 aromatic rings. The molecule has 0 fully saturated rings. The van der Waals surface area contributed by atoms with E-state index in [-0.39, 0.29) is 5.91 Å². The van der Waals surface area contributed by atoms with E-state index in [1.165, 1.54) is 6.08 Å². The highest BCUT2D eigenvalue weighted by molar-refractivity contribution is 6.32. The van der Waals surface area contributed by atoms with E-state index in [1.807, 2.05) is 36.4 Å². The SMILES string of the molecule is COc1c(Cl)cccc1C=CC(=O)Nc1ccccc1. The van der Waals surface area contributed by atoms with Gasteiger partial charge in [0.2, 0.25) is 5.91 Å². The van der Waals surface area contributed by atoms with Crippen LogP contribution >= 0.6 is 11.6 Å². The van der Waals surface area contributed by atoms with E-state index in [9.17, 15) is 4.79 Å². The van der Waals surface area contributed by atoms with E-state index in [0.29, 0.717) is 10.8 Å². The van der Waals surface area contributed by atoms with Gasteiger partial charge in [-0.15, -0.1) is 0 Å². The molecule has 0 aliphatic rings. The first-order chi connectivity index (χ1) is 9.70. The third kappa shape index (κ3) is 3.62. The number of benzene rings is 2. The second-order valence-electron chi connectivity index (χ2n) is 4.05. The molecule has 2 aromatic carbocycles. The van der Waals surface area contributed by atoms with E-state index in [1.54, 1.807) is 25.3 Å². The van der Waals surface area contributed by atoms with Crippen molar-refractivity contribution in [2.45, 2.75) is 0 Å². The van der Waals surface area contributed by atoms with Gasteiger partial charge in [-0.05, 0) is 24.3 Å². The second-order valence-corrected chi connectivity index (χ2v) is 4.46. The fourth-order valence-corrected chi connectivity index (χ4v) is 2.00. The van der Waals surface area contributed by atoms with Crippen molar-refractivity contribution in [1.29, 1.82) is 0 Å². The van der Waals surface area contributed by atoms with Crippen LogP contribution in [0.5, 0.6) is 5.75 Å². The maximum atomic E-state index is 11.8. The quantitative estimate of drug-likeness (QED) is 0.863. The Hall–Kier alpha value is -2.26.